The van der Waals surface area contributed by atoms with Crippen LogP contribution in [0.2, 0.25) is 0 Å². The van der Waals surface area contributed by atoms with E-state index in [1.165, 1.54) is 23.5 Å². The summed E-state index contributed by atoms with van der Waals surface area (Å²) in [4.78, 5) is 8.21. The van der Waals surface area contributed by atoms with Gasteiger partial charge in [0, 0.05) is 5.56 Å². The largest absolute Gasteiger partial charge is 0.512 e. The lowest BCUT2D eigenvalue weighted by atomic mass is 10.1. The topological polar surface area (TPSA) is 84.9 Å². The number of allylic oxidation sites excluding steroid dienone is 1. The number of rotatable bonds is 5. The molecule has 0 aliphatic carbocycles. The predicted octanol–water partition coefficient (Wildman–Crippen LogP) is 4.97. The zero-order valence-corrected chi connectivity index (χ0v) is 15.6. The highest BCUT2D eigenvalue weighted by Gasteiger charge is 2.32. The van der Waals surface area contributed by atoms with E-state index in [9.17, 15) is 18.3 Å². The van der Waals surface area contributed by atoms with Crippen LogP contribution in [0.1, 0.15) is 22.5 Å². The normalized spacial score (nSPS) is 11.8. The molecule has 3 heterocycles. The minimum absolute atomic E-state index is 0.0732. The van der Waals surface area contributed by atoms with Gasteiger partial charge in [-0.15, -0.1) is 21.5 Å². The molecule has 0 bridgehead atoms. The van der Waals surface area contributed by atoms with E-state index in [-0.39, 0.29) is 23.8 Å². The van der Waals surface area contributed by atoms with Crippen LogP contribution in [0.25, 0.3) is 21.5 Å². The Hall–Kier alpha value is -3.27. The third-order valence-electron chi connectivity index (χ3n) is 3.93. The summed E-state index contributed by atoms with van der Waals surface area (Å²) in [5.74, 6) is 0.530. The maximum absolute atomic E-state index is 12.9. The lowest BCUT2D eigenvalue weighted by Crippen LogP contribution is -2.07. The number of nitrogens with zero attached hydrogens (tertiary/aromatic N) is 4. The Labute approximate surface area is 166 Å². The minimum Gasteiger partial charge on any atom is -0.512 e. The molecule has 6 nitrogen and oxygen atoms in total. The number of aliphatic hydroxyl groups excluding tert-OH is 1. The average Bonchev–Trinajstić information content (AvgIpc) is 3.26. The van der Waals surface area contributed by atoms with Crippen LogP contribution in [0.3, 0.4) is 0 Å². The van der Waals surface area contributed by atoms with E-state index in [2.05, 4.69) is 26.7 Å². The Balaban J connectivity index is 1.60. The van der Waals surface area contributed by atoms with Gasteiger partial charge in [-0.25, -0.2) is 9.97 Å². The first-order chi connectivity index (χ1) is 13.8. The fourth-order valence-corrected chi connectivity index (χ4v) is 3.69. The summed E-state index contributed by atoms with van der Waals surface area (Å²) in [5.41, 5.74) is 0.588. The van der Waals surface area contributed by atoms with Gasteiger partial charge in [-0.2, -0.15) is 13.2 Å². The molecule has 3 aromatic heterocycles. The first-order valence-electron chi connectivity index (χ1n) is 8.40. The van der Waals surface area contributed by atoms with Crippen LogP contribution in [0.5, 0.6) is 0 Å². The second-order valence-corrected chi connectivity index (χ2v) is 7.32. The molecule has 0 saturated carbocycles. The smallest absolute Gasteiger partial charge is 0.433 e. The van der Waals surface area contributed by atoms with Crippen LogP contribution in [0.4, 0.5) is 13.2 Å². The average molecular weight is 418 g/mol. The van der Waals surface area contributed by atoms with Crippen molar-refractivity contribution < 1.29 is 22.7 Å². The molecular weight excluding hydrogens is 405 g/mol. The molecular formula is C19H13F3N4O2S. The summed E-state index contributed by atoms with van der Waals surface area (Å²) >= 11 is 1.38. The highest BCUT2D eigenvalue weighted by atomic mass is 32.1. The van der Waals surface area contributed by atoms with Crippen LogP contribution in [0, 0.1) is 0 Å². The van der Waals surface area contributed by atoms with Crippen molar-refractivity contribution in [1.82, 2.24) is 20.2 Å². The van der Waals surface area contributed by atoms with E-state index < -0.39 is 11.9 Å². The number of aromatic nitrogens is 4. The van der Waals surface area contributed by atoms with Gasteiger partial charge in [-0.1, -0.05) is 18.7 Å². The van der Waals surface area contributed by atoms with Crippen LogP contribution in [-0.4, -0.2) is 25.3 Å². The van der Waals surface area contributed by atoms with Crippen molar-refractivity contribution in [1.29, 1.82) is 0 Å². The van der Waals surface area contributed by atoms with Crippen molar-refractivity contribution in [2.45, 2.75) is 19.0 Å². The van der Waals surface area contributed by atoms with Crippen molar-refractivity contribution >= 4 is 21.6 Å². The maximum atomic E-state index is 12.9. The Bertz CT molecular complexity index is 1200. The molecule has 10 heteroatoms. The quantitative estimate of drug-likeness (QED) is 0.461. The molecule has 4 rings (SSSR count). The Morgan fingerprint density at radius 1 is 1.10 bits per heavy atom. The molecule has 1 aromatic carbocycles. The fourth-order valence-electron chi connectivity index (χ4n) is 2.70. The summed E-state index contributed by atoms with van der Waals surface area (Å²) in [6, 6.07) is 8.99. The predicted molar refractivity (Wildman–Crippen MR) is 100 cm³/mol. The summed E-state index contributed by atoms with van der Waals surface area (Å²) < 4.78 is 45.0. The van der Waals surface area contributed by atoms with E-state index in [0.717, 1.165) is 10.8 Å². The van der Waals surface area contributed by atoms with Gasteiger partial charge in [0.15, 0.2) is 0 Å². The van der Waals surface area contributed by atoms with Gasteiger partial charge < -0.3 is 9.52 Å². The maximum Gasteiger partial charge on any atom is 0.433 e. The molecule has 0 aliphatic rings. The minimum atomic E-state index is -4.50. The summed E-state index contributed by atoms with van der Waals surface area (Å²) in [6.07, 6.45) is -4.11. The van der Waals surface area contributed by atoms with Gasteiger partial charge in [0.05, 0.1) is 34.5 Å². The lowest BCUT2D eigenvalue weighted by Gasteiger charge is -2.07. The monoisotopic (exact) mass is 418 g/mol. The number of fused-ring (bicyclic) bond motifs is 1. The van der Waals surface area contributed by atoms with E-state index >= 15 is 0 Å². The molecule has 0 spiro atoms. The van der Waals surface area contributed by atoms with Crippen LogP contribution >= 0.6 is 11.3 Å². The van der Waals surface area contributed by atoms with Gasteiger partial charge in [0.2, 0.25) is 11.8 Å². The molecule has 0 fully saturated rings. The number of alkyl halides is 3. The highest BCUT2D eigenvalue weighted by molar-refractivity contribution is 7.18. The number of pyridine rings is 1. The summed E-state index contributed by atoms with van der Waals surface area (Å²) in [6.45, 7) is 3.37. The van der Waals surface area contributed by atoms with Gasteiger partial charge >= 0.3 is 6.18 Å². The first-order valence-corrected chi connectivity index (χ1v) is 9.22. The van der Waals surface area contributed by atoms with E-state index in [0.29, 0.717) is 28.4 Å². The second kappa shape index (κ2) is 7.28. The Morgan fingerprint density at radius 2 is 1.90 bits per heavy atom. The number of hydrogen-bond donors (Lipinski definition) is 1. The molecule has 0 amide bonds. The molecule has 0 saturated heterocycles. The second-order valence-electron chi connectivity index (χ2n) is 6.21. The standard InChI is InChI=1S/C19H13F3N4O2S/c1-10(27)7-16-25-26-17(28-16)9-18-24-13-6-5-11(8-14(13)29-18)12-3-2-4-15(23-12)19(20,21)22/h2-6,8,27H,1,7,9H2. The first kappa shape index (κ1) is 19.1. The Kier molecular flexibility index (Phi) is 4.79. The zero-order chi connectivity index (χ0) is 20.6. The highest BCUT2D eigenvalue weighted by Crippen LogP contribution is 2.32. The molecule has 0 aliphatic heterocycles. The van der Waals surface area contributed by atoms with Gasteiger partial charge in [0.25, 0.3) is 0 Å². The van der Waals surface area contributed by atoms with Crippen molar-refractivity contribution in [3.63, 3.8) is 0 Å². The molecule has 0 atom stereocenters. The number of benzene rings is 1. The van der Waals surface area contributed by atoms with Gasteiger partial charge in [-0.05, 0) is 24.3 Å². The van der Waals surface area contributed by atoms with E-state index in [1.807, 2.05) is 0 Å². The molecule has 1 N–H and O–H groups in total. The third kappa shape index (κ3) is 4.27. The van der Waals surface area contributed by atoms with Crippen LogP contribution in [-0.2, 0) is 19.0 Å². The number of thiazole rings is 1. The van der Waals surface area contributed by atoms with Gasteiger partial charge in [0.1, 0.15) is 10.7 Å². The fraction of sp³-hybridized carbons (Fsp3) is 0.158. The molecule has 0 radical (unpaired) electrons. The van der Waals surface area contributed by atoms with Crippen LogP contribution in [0.15, 0.2) is 53.2 Å². The van der Waals surface area contributed by atoms with Crippen molar-refractivity contribution in [3.8, 4) is 11.3 Å². The number of halogens is 3. The molecule has 29 heavy (non-hydrogen) atoms. The van der Waals surface area contributed by atoms with Crippen molar-refractivity contribution in [3.05, 3.63) is 71.2 Å². The summed E-state index contributed by atoms with van der Waals surface area (Å²) in [7, 11) is 0. The molecule has 148 valence electrons. The molecule has 4 aromatic rings. The van der Waals surface area contributed by atoms with Crippen molar-refractivity contribution in [2.75, 3.05) is 0 Å². The summed E-state index contributed by atoms with van der Waals surface area (Å²) in [5, 5.41) is 17.6. The third-order valence-corrected chi connectivity index (χ3v) is 4.95. The van der Waals surface area contributed by atoms with Crippen LogP contribution < -0.4 is 0 Å². The Morgan fingerprint density at radius 3 is 2.66 bits per heavy atom. The number of aliphatic hydroxyl groups is 1. The zero-order valence-electron chi connectivity index (χ0n) is 14.8. The SMILES string of the molecule is C=C(O)Cc1nnc(Cc2nc3ccc(-c4cccc(C(F)(F)F)n4)cc3s2)o1. The van der Waals surface area contributed by atoms with E-state index in [1.54, 1.807) is 18.2 Å². The van der Waals surface area contributed by atoms with E-state index in [4.69, 9.17) is 4.42 Å². The lowest BCUT2D eigenvalue weighted by molar-refractivity contribution is -0.141. The molecule has 0 unspecified atom stereocenters. The van der Waals surface area contributed by atoms with Crippen molar-refractivity contribution in [2.24, 2.45) is 0 Å². The van der Waals surface area contributed by atoms with Gasteiger partial charge in [-0.3, -0.25) is 0 Å². The number of hydrogen-bond acceptors (Lipinski definition) is 7.